The van der Waals surface area contributed by atoms with E-state index in [4.69, 9.17) is 13.8 Å². The maximum absolute atomic E-state index is 12.3. The monoisotopic (exact) mass is 836 g/mol. The normalized spacial score (nSPS) is 14.4. The van der Waals surface area contributed by atoms with Gasteiger partial charge in [0.1, 0.15) is 12.7 Å². The van der Waals surface area contributed by atoms with Crippen molar-refractivity contribution in [1.82, 2.24) is 5.32 Å². The van der Waals surface area contributed by atoms with E-state index in [-0.39, 0.29) is 12.8 Å². The minimum absolute atomic E-state index is 0.129. The number of phosphoric ester groups is 1. The van der Waals surface area contributed by atoms with Crippen molar-refractivity contribution < 1.29 is 47.8 Å². The molecule has 0 fully saturated rings. The summed E-state index contributed by atoms with van der Waals surface area (Å²) in [5.41, 5.74) is 0. The predicted octanol–water partition coefficient (Wildman–Crippen LogP) is 11.3. The SMILES string of the molecule is CCCCC/C=C\C/C=C\C/C=C\C/C=C\CCCC(=O)OCC(O)COP(=O)(O)OCC(NC(=O)CCCCCCCCC/C=C\C/C=C\CCCCC)C(=O)O. The van der Waals surface area contributed by atoms with Crippen LogP contribution in [0.3, 0.4) is 0 Å². The average Bonchev–Trinajstić information content (AvgIpc) is 3.20. The number of phosphoric acid groups is 1. The van der Waals surface area contributed by atoms with Gasteiger partial charge < -0.3 is 25.2 Å². The highest BCUT2D eigenvalue weighted by molar-refractivity contribution is 7.47. The summed E-state index contributed by atoms with van der Waals surface area (Å²) in [5.74, 6) is -2.45. The number of unbranched alkanes of at least 4 members (excludes halogenated alkanes) is 14. The van der Waals surface area contributed by atoms with Gasteiger partial charge in [-0.25, -0.2) is 9.36 Å². The van der Waals surface area contributed by atoms with Gasteiger partial charge in [-0.3, -0.25) is 18.6 Å². The van der Waals surface area contributed by atoms with Crippen LogP contribution < -0.4 is 5.32 Å². The van der Waals surface area contributed by atoms with Crippen LogP contribution >= 0.6 is 7.82 Å². The molecule has 0 spiro atoms. The van der Waals surface area contributed by atoms with E-state index in [9.17, 15) is 34.1 Å². The molecule has 0 saturated carbocycles. The standard InChI is InChI=1S/C46H78NO10P/c1-3-5-7-9-11-13-15-17-19-21-23-25-27-29-31-33-35-37-44(49)47-43(46(51)52)41-57-58(53,54)56-40-42(48)39-55-45(50)38-36-34-32-30-28-26-24-22-20-18-16-14-12-10-8-6-4-2/h11-14,17-20,24,26,30,32,42-43,48H,3-10,15-16,21-23,25,27-29,31,33-41H2,1-2H3,(H,47,49)(H,51,52)(H,53,54)/b13-11-,14-12-,19-17-,20-18-,26-24-,32-30-. The van der Waals surface area contributed by atoms with Crippen LogP contribution in [-0.4, -0.2) is 64.9 Å². The molecule has 1 amide bonds. The van der Waals surface area contributed by atoms with Crippen LogP contribution in [0.5, 0.6) is 0 Å². The molecular weight excluding hydrogens is 757 g/mol. The highest BCUT2D eigenvalue weighted by Crippen LogP contribution is 2.43. The Morgan fingerprint density at radius 1 is 0.552 bits per heavy atom. The number of carboxylic acid groups (broad SMARTS) is 1. The molecular formula is C46H78NO10P. The largest absolute Gasteiger partial charge is 0.480 e. The number of esters is 1. The Balaban J connectivity index is 4.00. The zero-order valence-corrected chi connectivity index (χ0v) is 36.7. The van der Waals surface area contributed by atoms with Gasteiger partial charge in [-0.15, -0.1) is 0 Å². The molecule has 0 rings (SSSR count). The fourth-order valence-electron chi connectivity index (χ4n) is 5.51. The van der Waals surface area contributed by atoms with Gasteiger partial charge in [0.25, 0.3) is 0 Å². The third kappa shape index (κ3) is 39.7. The number of amides is 1. The number of nitrogens with one attached hydrogen (secondary N) is 1. The quantitative estimate of drug-likeness (QED) is 0.0202. The summed E-state index contributed by atoms with van der Waals surface area (Å²) in [4.78, 5) is 45.9. The van der Waals surface area contributed by atoms with Crippen LogP contribution in [-0.2, 0) is 32.7 Å². The molecule has 332 valence electrons. The van der Waals surface area contributed by atoms with E-state index in [1.807, 2.05) is 12.2 Å². The molecule has 12 heteroatoms. The number of allylic oxidation sites excluding steroid dienone is 12. The van der Waals surface area contributed by atoms with Crippen molar-refractivity contribution in [2.75, 3.05) is 19.8 Å². The Hall–Kier alpha value is -3.08. The van der Waals surface area contributed by atoms with Crippen LogP contribution in [0.15, 0.2) is 72.9 Å². The molecule has 3 unspecified atom stereocenters. The fourth-order valence-corrected chi connectivity index (χ4v) is 6.29. The third-order valence-electron chi connectivity index (χ3n) is 8.97. The second-order valence-electron chi connectivity index (χ2n) is 14.5. The Morgan fingerprint density at radius 2 is 0.966 bits per heavy atom. The highest BCUT2D eigenvalue weighted by atomic mass is 31.2. The summed E-state index contributed by atoms with van der Waals surface area (Å²) in [6, 6.07) is -1.56. The molecule has 0 aliphatic carbocycles. The molecule has 0 heterocycles. The topological polar surface area (TPSA) is 169 Å². The molecule has 0 aromatic heterocycles. The number of hydrogen-bond acceptors (Lipinski definition) is 8. The molecule has 3 atom stereocenters. The number of carbonyl (C=O) groups is 3. The van der Waals surface area contributed by atoms with Crippen LogP contribution in [0.2, 0.25) is 0 Å². The average molecular weight is 836 g/mol. The Morgan fingerprint density at radius 3 is 1.45 bits per heavy atom. The molecule has 0 aromatic carbocycles. The summed E-state index contributed by atoms with van der Waals surface area (Å²) in [7, 11) is -4.77. The van der Waals surface area contributed by atoms with Crippen molar-refractivity contribution in [2.45, 2.75) is 180 Å². The van der Waals surface area contributed by atoms with E-state index in [1.165, 1.54) is 44.9 Å². The van der Waals surface area contributed by atoms with Crippen LogP contribution in [0.4, 0.5) is 0 Å². The summed E-state index contributed by atoms with van der Waals surface area (Å²) in [6.45, 7) is 2.47. The molecule has 0 aliphatic rings. The number of aliphatic hydroxyl groups excluding tert-OH is 1. The van der Waals surface area contributed by atoms with Crippen LogP contribution in [0, 0.1) is 0 Å². The minimum atomic E-state index is -4.77. The van der Waals surface area contributed by atoms with E-state index in [2.05, 4.69) is 79.9 Å². The van der Waals surface area contributed by atoms with Crippen LogP contribution in [0.1, 0.15) is 168 Å². The van der Waals surface area contributed by atoms with Gasteiger partial charge in [0, 0.05) is 12.8 Å². The minimum Gasteiger partial charge on any atom is -0.480 e. The lowest BCUT2D eigenvalue weighted by Gasteiger charge is -2.18. The maximum atomic E-state index is 12.3. The van der Waals surface area contributed by atoms with E-state index < -0.39 is 57.6 Å². The van der Waals surface area contributed by atoms with Gasteiger partial charge in [-0.2, -0.15) is 0 Å². The van der Waals surface area contributed by atoms with Gasteiger partial charge in [-0.1, -0.05) is 145 Å². The smallest absolute Gasteiger partial charge is 0.472 e. The number of aliphatic carboxylic acids is 1. The first kappa shape index (κ1) is 54.9. The molecule has 0 aromatic rings. The number of aliphatic hydroxyl groups is 1. The molecule has 0 bridgehead atoms. The van der Waals surface area contributed by atoms with Crippen molar-refractivity contribution in [2.24, 2.45) is 0 Å². The van der Waals surface area contributed by atoms with Crippen molar-refractivity contribution >= 4 is 25.7 Å². The first-order valence-electron chi connectivity index (χ1n) is 22.0. The molecule has 0 radical (unpaired) electrons. The van der Waals surface area contributed by atoms with Crippen molar-refractivity contribution in [3.8, 4) is 0 Å². The first-order chi connectivity index (χ1) is 28.1. The van der Waals surface area contributed by atoms with Crippen molar-refractivity contribution in [3.05, 3.63) is 72.9 Å². The van der Waals surface area contributed by atoms with E-state index in [1.54, 1.807) is 0 Å². The molecule has 58 heavy (non-hydrogen) atoms. The fraction of sp³-hybridized carbons (Fsp3) is 0.674. The summed E-state index contributed by atoms with van der Waals surface area (Å²) < 4.78 is 26.8. The summed E-state index contributed by atoms with van der Waals surface area (Å²) >= 11 is 0. The van der Waals surface area contributed by atoms with Gasteiger partial charge in [0.2, 0.25) is 5.91 Å². The van der Waals surface area contributed by atoms with Gasteiger partial charge in [0.05, 0.1) is 13.2 Å². The third-order valence-corrected chi connectivity index (χ3v) is 9.92. The molecule has 0 aliphatic heterocycles. The zero-order chi connectivity index (χ0) is 42.8. The lowest BCUT2D eigenvalue weighted by molar-refractivity contribution is -0.147. The molecule has 11 nitrogen and oxygen atoms in total. The number of hydrogen-bond donors (Lipinski definition) is 4. The number of carbonyl (C=O) groups excluding carboxylic acids is 2. The van der Waals surface area contributed by atoms with E-state index in [0.717, 1.165) is 77.0 Å². The van der Waals surface area contributed by atoms with Gasteiger partial charge in [0.15, 0.2) is 6.04 Å². The van der Waals surface area contributed by atoms with Crippen molar-refractivity contribution in [1.29, 1.82) is 0 Å². The number of carboxylic acids is 1. The second-order valence-corrected chi connectivity index (χ2v) is 16.0. The lowest BCUT2D eigenvalue weighted by Crippen LogP contribution is -2.43. The highest BCUT2D eigenvalue weighted by Gasteiger charge is 2.28. The predicted molar refractivity (Wildman–Crippen MR) is 235 cm³/mol. The van der Waals surface area contributed by atoms with Crippen molar-refractivity contribution in [3.63, 3.8) is 0 Å². The van der Waals surface area contributed by atoms with Gasteiger partial charge >= 0.3 is 19.8 Å². The van der Waals surface area contributed by atoms with E-state index in [0.29, 0.717) is 19.3 Å². The Kier molecular flexibility index (Phi) is 38.5. The lowest BCUT2D eigenvalue weighted by atomic mass is 10.1. The Bertz CT molecular complexity index is 1260. The Labute approximate surface area is 350 Å². The molecule has 0 saturated heterocycles. The van der Waals surface area contributed by atoms with Gasteiger partial charge in [-0.05, 0) is 83.5 Å². The number of rotatable bonds is 40. The maximum Gasteiger partial charge on any atom is 0.472 e. The summed E-state index contributed by atoms with van der Waals surface area (Å²) in [5, 5.41) is 21.8. The van der Waals surface area contributed by atoms with E-state index >= 15 is 0 Å². The second kappa shape index (κ2) is 40.7. The zero-order valence-electron chi connectivity index (χ0n) is 35.8. The van der Waals surface area contributed by atoms with Crippen LogP contribution in [0.25, 0.3) is 0 Å². The molecule has 4 N–H and O–H groups in total. The number of ether oxygens (including phenoxy) is 1. The summed E-state index contributed by atoms with van der Waals surface area (Å²) in [6.07, 6.45) is 47.8. The first-order valence-corrected chi connectivity index (χ1v) is 23.5.